The molecule has 2 N–H and O–H groups in total. The highest BCUT2D eigenvalue weighted by Crippen LogP contribution is 2.27. The Morgan fingerprint density at radius 2 is 1.96 bits per heavy atom. The second-order valence-corrected chi connectivity index (χ2v) is 6.84. The van der Waals surface area contributed by atoms with Crippen molar-refractivity contribution in [1.82, 2.24) is 9.97 Å². The number of halogens is 1. The lowest BCUT2D eigenvalue weighted by molar-refractivity contribution is 0.126. The maximum atomic E-state index is 13.7. The molecule has 1 saturated carbocycles. The number of hydrogen-bond donors (Lipinski definition) is 2. The topological polar surface area (TPSA) is 101 Å². The van der Waals surface area contributed by atoms with Gasteiger partial charge in [0.2, 0.25) is 0 Å². The molecule has 0 saturated heterocycles. The standard InChI is InChI=1S/C20H19FN4O3/c21-12-1-8-16-17(11-12)23-18(9-6-15-7-10-19(25-27)28-15)24-20(16)22-13-2-4-14(26)5-3-13/h1,6-11,13-14,26H,2-5H2,(H,22,23,24)/b9-6+. The maximum absolute atomic E-state index is 13.7. The van der Waals surface area contributed by atoms with Gasteiger partial charge in [0, 0.05) is 28.7 Å². The number of hydrogen-bond acceptors (Lipinski definition) is 7. The van der Waals surface area contributed by atoms with Gasteiger partial charge >= 0.3 is 0 Å². The van der Waals surface area contributed by atoms with Crippen LogP contribution in [0.5, 0.6) is 0 Å². The van der Waals surface area contributed by atoms with Gasteiger partial charge in [0.05, 0.1) is 11.6 Å². The van der Waals surface area contributed by atoms with Gasteiger partial charge in [-0.25, -0.2) is 14.4 Å². The number of nitrogens with zero attached hydrogens (tertiary/aromatic N) is 3. The summed E-state index contributed by atoms with van der Waals surface area (Å²) >= 11 is 0. The molecule has 28 heavy (non-hydrogen) atoms. The second-order valence-electron chi connectivity index (χ2n) is 6.84. The van der Waals surface area contributed by atoms with Crippen molar-refractivity contribution >= 4 is 34.8 Å². The first-order valence-electron chi connectivity index (χ1n) is 9.14. The summed E-state index contributed by atoms with van der Waals surface area (Å²) in [4.78, 5) is 19.4. The monoisotopic (exact) mass is 382 g/mol. The molecule has 0 aliphatic heterocycles. The van der Waals surface area contributed by atoms with E-state index in [1.54, 1.807) is 24.3 Å². The molecule has 0 bridgehead atoms. The number of anilines is 1. The fourth-order valence-electron chi connectivity index (χ4n) is 3.36. The number of fused-ring (bicyclic) bond motifs is 1. The lowest BCUT2D eigenvalue weighted by Crippen LogP contribution is -2.28. The average molecular weight is 382 g/mol. The second kappa shape index (κ2) is 7.85. The summed E-state index contributed by atoms with van der Waals surface area (Å²) in [7, 11) is 0. The molecule has 7 nitrogen and oxygen atoms in total. The van der Waals surface area contributed by atoms with Crippen LogP contribution in [0, 0.1) is 10.7 Å². The smallest absolute Gasteiger partial charge is 0.260 e. The number of aliphatic hydroxyl groups is 1. The number of furan rings is 1. The molecule has 0 radical (unpaired) electrons. The van der Waals surface area contributed by atoms with E-state index in [9.17, 15) is 14.4 Å². The van der Waals surface area contributed by atoms with E-state index in [1.807, 2.05) is 0 Å². The largest absolute Gasteiger partial charge is 0.436 e. The molecule has 0 atom stereocenters. The molecule has 1 aromatic carbocycles. The number of aromatic nitrogens is 2. The van der Waals surface area contributed by atoms with Crippen molar-refractivity contribution in [1.29, 1.82) is 0 Å². The third kappa shape index (κ3) is 4.07. The maximum Gasteiger partial charge on any atom is 0.260 e. The first-order chi connectivity index (χ1) is 13.6. The zero-order chi connectivity index (χ0) is 19.5. The first kappa shape index (κ1) is 18.2. The fraction of sp³-hybridized carbons (Fsp3) is 0.300. The van der Waals surface area contributed by atoms with Gasteiger partial charge in [0.25, 0.3) is 5.88 Å². The molecule has 1 aliphatic carbocycles. The van der Waals surface area contributed by atoms with Crippen LogP contribution in [0.3, 0.4) is 0 Å². The molecule has 0 unspecified atom stereocenters. The van der Waals surface area contributed by atoms with Gasteiger partial charge in [-0.05, 0) is 56.0 Å². The van der Waals surface area contributed by atoms with E-state index in [1.165, 1.54) is 18.2 Å². The molecule has 2 aromatic heterocycles. The Bertz CT molecular complexity index is 1030. The highest BCUT2D eigenvalue weighted by molar-refractivity contribution is 5.90. The molecule has 144 valence electrons. The minimum absolute atomic E-state index is 0.0111. The van der Waals surface area contributed by atoms with Crippen molar-refractivity contribution in [2.75, 3.05) is 5.32 Å². The molecule has 0 spiro atoms. The summed E-state index contributed by atoms with van der Waals surface area (Å²) in [5.41, 5.74) is 0.489. The number of nitroso groups, excluding NO2 is 1. The van der Waals surface area contributed by atoms with Crippen LogP contribution in [0.4, 0.5) is 16.1 Å². The molecule has 0 amide bonds. The Kier molecular flexibility index (Phi) is 5.12. The van der Waals surface area contributed by atoms with Gasteiger partial charge < -0.3 is 14.8 Å². The van der Waals surface area contributed by atoms with Gasteiger partial charge in [-0.15, -0.1) is 4.91 Å². The summed E-state index contributed by atoms with van der Waals surface area (Å²) in [5, 5.41) is 16.6. The summed E-state index contributed by atoms with van der Waals surface area (Å²) in [6, 6.07) is 7.68. The van der Waals surface area contributed by atoms with Crippen molar-refractivity contribution in [3.63, 3.8) is 0 Å². The van der Waals surface area contributed by atoms with E-state index in [2.05, 4.69) is 20.5 Å². The van der Waals surface area contributed by atoms with Crippen LogP contribution >= 0.6 is 0 Å². The van der Waals surface area contributed by atoms with Crippen LogP contribution in [0.1, 0.15) is 37.3 Å². The Morgan fingerprint density at radius 3 is 2.71 bits per heavy atom. The minimum atomic E-state index is -0.374. The predicted molar refractivity (Wildman–Crippen MR) is 104 cm³/mol. The molecule has 1 fully saturated rings. The van der Waals surface area contributed by atoms with Crippen LogP contribution in [-0.2, 0) is 0 Å². The molecular weight excluding hydrogens is 363 g/mol. The van der Waals surface area contributed by atoms with Gasteiger partial charge in [-0.3, -0.25) is 0 Å². The quantitative estimate of drug-likeness (QED) is 0.623. The Balaban J connectivity index is 1.65. The SMILES string of the molecule is O=Nc1ccc(/C=C/c2nc(NC3CCC(O)CC3)c3ccc(F)cc3n2)o1. The molecule has 4 rings (SSSR count). The Morgan fingerprint density at radius 1 is 1.14 bits per heavy atom. The van der Waals surface area contributed by atoms with E-state index in [0.717, 1.165) is 31.1 Å². The minimum Gasteiger partial charge on any atom is -0.436 e. The summed E-state index contributed by atoms with van der Waals surface area (Å²) in [6.07, 6.45) is 6.18. The summed E-state index contributed by atoms with van der Waals surface area (Å²) in [5.74, 6) is 1.06. The summed E-state index contributed by atoms with van der Waals surface area (Å²) < 4.78 is 18.9. The zero-order valence-corrected chi connectivity index (χ0v) is 15.0. The molecule has 2 heterocycles. The molecule has 3 aromatic rings. The van der Waals surface area contributed by atoms with E-state index in [-0.39, 0.29) is 23.8 Å². The van der Waals surface area contributed by atoms with Crippen molar-refractivity contribution in [3.8, 4) is 0 Å². The van der Waals surface area contributed by atoms with Crippen LogP contribution in [0.15, 0.2) is 39.9 Å². The van der Waals surface area contributed by atoms with Crippen LogP contribution in [0.2, 0.25) is 0 Å². The lowest BCUT2D eigenvalue weighted by atomic mass is 9.93. The van der Waals surface area contributed by atoms with E-state index < -0.39 is 0 Å². The zero-order valence-electron chi connectivity index (χ0n) is 15.0. The van der Waals surface area contributed by atoms with E-state index >= 15 is 0 Å². The number of nitrogens with one attached hydrogen (secondary N) is 1. The first-order valence-corrected chi connectivity index (χ1v) is 9.14. The Labute approximate surface area is 160 Å². The third-order valence-corrected chi connectivity index (χ3v) is 4.81. The van der Waals surface area contributed by atoms with Gasteiger partial charge in [-0.1, -0.05) is 0 Å². The van der Waals surface area contributed by atoms with Crippen LogP contribution < -0.4 is 5.32 Å². The van der Waals surface area contributed by atoms with Gasteiger partial charge in [0.1, 0.15) is 17.4 Å². The van der Waals surface area contributed by atoms with Crippen molar-refractivity contribution in [3.05, 3.63) is 52.6 Å². The molecular formula is C20H19FN4O3. The van der Waals surface area contributed by atoms with Crippen molar-refractivity contribution in [2.45, 2.75) is 37.8 Å². The van der Waals surface area contributed by atoms with Crippen LogP contribution in [-0.4, -0.2) is 27.2 Å². The highest BCUT2D eigenvalue weighted by atomic mass is 19.1. The van der Waals surface area contributed by atoms with Crippen molar-refractivity contribution in [2.24, 2.45) is 5.18 Å². The molecule has 8 heteroatoms. The van der Waals surface area contributed by atoms with Gasteiger partial charge in [-0.2, -0.15) is 0 Å². The number of benzene rings is 1. The number of aliphatic hydroxyl groups excluding tert-OH is 1. The highest BCUT2D eigenvalue weighted by Gasteiger charge is 2.20. The van der Waals surface area contributed by atoms with Crippen LogP contribution in [0.25, 0.3) is 23.1 Å². The molecule has 1 aliphatic rings. The lowest BCUT2D eigenvalue weighted by Gasteiger charge is -2.27. The van der Waals surface area contributed by atoms with Crippen molar-refractivity contribution < 1.29 is 13.9 Å². The van der Waals surface area contributed by atoms with E-state index in [4.69, 9.17) is 4.42 Å². The predicted octanol–water partition coefficient (Wildman–Crippen LogP) is 4.65. The average Bonchev–Trinajstić information content (AvgIpc) is 3.16. The number of rotatable bonds is 5. The van der Waals surface area contributed by atoms with E-state index in [0.29, 0.717) is 22.9 Å². The normalized spacial score (nSPS) is 19.9. The Hall–Kier alpha value is -3.13. The third-order valence-electron chi connectivity index (χ3n) is 4.81. The summed E-state index contributed by atoms with van der Waals surface area (Å²) in [6.45, 7) is 0. The van der Waals surface area contributed by atoms with Gasteiger partial charge in [0.15, 0.2) is 5.82 Å². The fourth-order valence-corrected chi connectivity index (χ4v) is 3.36.